The second-order valence-corrected chi connectivity index (χ2v) is 3.96. The molecular weight excluding hydrogens is 231 g/mol. The lowest BCUT2D eigenvalue weighted by Gasteiger charge is -2.01. The largest absolute Gasteiger partial charge is 0.464 e. The Labute approximate surface area is 91.2 Å². The minimum absolute atomic E-state index is 0.221. The second kappa shape index (κ2) is 4.61. The molecule has 0 spiro atoms. The van der Waals surface area contributed by atoms with Crippen LogP contribution < -0.4 is 5.43 Å². The summed E-state index contributed by atoms with van der Waals surface area (Å²) in [4.78, 5) is 20.3. The summed E-state index contributed by atoms with van der Waals surface area (Å²) < 4.78 is 20.1. The van der Waals surface area contributed by atoms with Gasteiger partial charge < -0.3 is 13.8 Å². The van der Waals surface area contributed by atoms with Crippen molar-refractivity contribution >= 4 is 19.2 Å². The van der Waals surface area contributed by atoms with Crippen molar-refractivity contribution in [3.05, 3.63) is 46.3 Å². The number of fused-ring (bicyclic) bond motifs is 1. The van der Waals surface area contributed by atoms with Crippen molar-refractivity contribution in [2.45, 2.75) is 6.61 Å². The summed E-state index contributed by atoms with van der Waals surface area (Å²) in [6, 6.07) is 6.79. The van der Waals surface area contributed by atoms with Gasteiger partial charge in [-0.3, -0.25) is 9.36 Å². The SMILES string of the molecule is O=c1c(CO[PH](=O)O)coc2ccccc12. The maximum absolute atomic E-state index is 11.8. The van der Waals surface area contributed by atoms with Crippen molar-refractivity contribution in [3.8, 4) is 0 Å². The first kappa shape index (κ1) is 11.1. The van der Waals surface area contributed by atoms with Crippen LogP contribution >= 0.6 is 8.25 Å². The van der Waals surface area contributed by atoms with Crippen LogP contribution in [0.4, 0.5) is 0 Å². The third kappa shape index (κ3) is 2.22. The summed E-state index contributed by atoms with van der Waals surface area (Å²) in [6.07, 6.45) is 1.25. The number of para-hydroxylation sites is 1. The zero-order chi connectivity index (χ0) is 11.5. The zero-order valence-electron chi connectivity index (χ0n) is 8.17. The number of benzene rings is 1. The molecule has 2 aromatic rings. The van der Waals surface area contributed by atoms with E-state index in [2.05, 4.69) is 4.52 Å². The first-order chi connectivity index (χ1) is 7.68. The molecule has 1 N–H and O–H groups in total. The lowest BCUT2D eigenvalue weighted by molar-refractivity contribution is 0.269. The van der Waals surface area contributed by atoms with Gasteiger partial charge in [0.2, 0.25) is 0 Å². The van der Waals surface area contributed by atoms with Gasteiger partial charge in [-0.2, -0.15) is 0 Å². The maximum atomic E-state index is 11.8. The number of rotatable bonds is 3. The summed E-state index contributed by atoms with van der Waals surface area (Å²) in [6.45, 7) is -0.221. The van der Waals surface area contributed by atoms with Crippen LogP contribution in [-0.2, 0) is 15.7 Å². The van der Waals surface area contributed by atoms with Crippen LogP contribution in [0, 0.1) is 0 Å². The molecule has 0 saturated carbocycles. The average Bonchev–Trinajstić information content (AvgIpc) is 2.28. The van der Waals surface area contributed by atoms with E-state index in [-0.39, 0.29) is 17.6 Å². The standard InChI is InChI=1S/C10H9O5P/c11-10-7(6-15-16(12)13)5-14-9-4-2-1-3-8(9)10/h1-5,16H,6H2,(H,12,13). The van der Waals surface area contributed by atoms with E-state index in [1.54, 1.807) is 24.3 Å². The molecule has 0 saturated heterocycles. The monoisotopic (exact) mass is 240 g/mol. The fourth-order valence-electron chi connectivity index (χ4n) is 1.36. The fraction of sp³-hybridized carbons (Fsp3) is 0.100. The summed E-state index contributed by atoms with van der Waals surface area (Å²) in [5, 5.41) is 0.432. The minimum Gasteiger partial charge on any atom is -0.464 e. The Balaban J connectivity index is 2.45. The molecule has 1 aromatic carbocycles. The Bertz CT molecular complexity index is 589. The maximum Gasteiger partial charge on any atom is 0.316 e. The molecule has 5 nitrogen and oxygen atoms in total. The lowest BCUT2D eigenvalue weighted by Crippen LogP contribution is -2.08. The van der Waals surface area contributed by atoms with E-state index in [1.165, 1.54) is 6.26 Å². The molecule has 6 heteroatoms. The first-order valence-corrected chi connectivity index (χ1v) is 5.80. The van der Waals surface area contributed by atoms with E-state index in [0.29, 0.717) is 11.0 Å². The van der Waals surface area contributed by atoms with E-state index in [9.17, 15) is 9.36 Å². The van der Waals surface area contributed by atoms with E-state index >= 15 is 0 Å². The van der Waals surface area contributed by atoms with E-state index < -0.39 is 8.25 Å². The van der Waals surface area contributed by atoms with Crippen LogP contribution in [0.3, 0.4) is 0 Å². The highest BCUT2D eigenvalue weighted by Gasteiger charge is 2.07. The molecule has 16 heavy (non-hydrogen) atoms. The number of hydrogen-bond acceptors (Lipinski definition) is 4. The fourth-order valence-corrected chi connectivity index (χ4v) is 1.64. The first-order valence-electron chi connectivity index (χ1n) is 4.53. The molecule has 0 amide bonds. The Kier molecular flexibility index (Phi) is 3.19. The van der Waals surface area contributed by atoms with Crippen LogP contribution in [0.25, 0.3) is 11.0 Å². The van der Waals surface area contributed by atoms with Crippen molar-refractivity contribution in [3.63, 3.8) is 0 Å². The molecule has 0 aliphatic rings. The van der Waals surface area contributed by atoms with Crippen molar-refractivity contribution < 1.29 is 18.4 Å². The van der Waals surface area contributed by atoms with Gasteiger partial charge in [0.05, 0.1) is 17.6 Å². The lowest BCUT2D eigenvalue weighted by atomic mass is 10.2. The highest BCUT2D eigenvalue weighted by molar-refractivity contribution is 7.32. The molecule has 2 rings (SSSR count). The smallest absolute Gasteiger partial charge is 0.316 e. The quantitative estimate of drug-likeness (QED) is 0.826. The predicted octanol–water partition coefficient (Wildman–Crippen LogP) is 1.69. The van der Waals surface area contributed by atoms with Gasteiger partial charge in [-0.15, -0.1) is 0 Å². The van der Waals surface area contributed by atoms with Gasteiger partial charge in [0.1, 0.15) is 11.8 Å². The Morgan fingerprint density at radius 2 is 2.12 bits per heavy atom. The molecule has 84 valence electrons. The Morgan fingerprint density at radius 3 is 2.88 bits per heavy atom. The van der Waals surface area contributed by atoms with Gasteiger partial charge in [0.15, 0.2) is 5.43 Å². The van der Waals surface area contributed by atoms with Gasteiger partial charge in [0, 0.05) is 0 Å². The summed E-state index contributed by atoms with van der Waals surface area (Å²) >= 11 is 0. The molecular formula is C10H9O5P. The van der Waals surface area contributed by atoms with E-state index in [1.807, 2.05) is 0 Å². The predicted molar refractivity (Wildman–Crippen MR) is 58.5 cm³/mol. The summed E-state index contributed by atoms with van der Waals surface area (Å²) in [5.41, 5.74) is 0.462. The number of hydrogen-bond donors (Lipinski definition) is 1. The molecule has 1 aromatic heterocycles. The van der Waals surface area contributed by atoms with Gasteiger partial charge in [-0.25, -0.2) is 0 Å². The molecule has 1 atom stereocenters. The van der Waals surface area contributed by atoms with Crippen molar-refractivity contribution in [1.82, 2.24) is 0 Å². The van der Waals surface area contributed by atoms with E-state index in [0.717, 1.165) is 0 Å². The second-order valence-electron chi connectivity index (χ2n) is 3.14. The summed E-state index contributed by atoms with van der Waals surface area (Å²) in [5.74, 6) is 0. The van der Waals surface area contributed by atoms with Crippen molar-refractivity contribution in [1.29, 1.82) is 0 Å². The highest BCUT2D eigenvalue weighted by atomic mass is 31.1. The molecule has 1 unspecified atom stereocenters. The van der Waals surface area contributed by atoms with Crippen molar-refractivity contribution in [2.75, 3.05) is 0 Å². The Hall–Kier alpha value is -1.42. The highest BCUT2D eigenvalue weighted by Crippen LogP contribution is 2.18. The van der Waals surface area contributed by atoms with Gasteiger partial charge >= 0.3 is 8.25 Å². The van der Waals surface area contributed by atoms with Crippen LogP contribution in [0.5, 0.6) is 0 Å². The molecule has 0 aliphatic carbocycles. The summed E-state index contributed by atoms with van der Waals surface area (Å²) in [7, 11) is -3.03. The molecule has 0 radical (unpaired) electrons. The van der Waals surface area contributed by atoms with Crippen LogP contribution in [0.2, 0.25) is 0 Å². The molecule has 1 heterocycles. The van der Waals surface area contributed by atoms with Crippen molar-refractivity contribution in [2.24, 2.45) is 0 Å². The third-order valence-electron chi connectivity index (χ3n) is 2.10. The van der Waals surface area contributed by atoms with Gasteiger partial charge in [-0.05, 0) is 12.1 Å². The third-order valence-corrected chi connectivity index (χ3v) is 2.49. The van der Waals surface area contributed by atoms with E-state index in [4.69, 9.17) is 9.31 Å². The van der Waals surface area contributed by atoms with Crippen LogP contribution in [-0.4, -0.2) is 4.89 Å². The topological polar surface area (TPSA) is 76.7 Å². The van der Waals surface area contributed by atoms with Crippen LogP contribution in [0.1, 0.15) is 5.56 Å². The van der Waals surface area contributed by atoms with Gasteiger partial charge in [0.25, 0.3) is 0 Å². The molecule has 0 fully saturated rings. The average molecular weight is 240 g/mol. The molecule has 0 aliphatic heterocycles. The zero-order valence-corrected chi connectivity index (χ0v) is 9.17. The van der Waals surface area contributed by atoms with Crippen LogP contribution in [0.15, 0.2) is 39.7 Å². The normalized spacial score (nSPS) is 12.8. The Morgan fingerprint density at radius 1 is 1.38 bits per heavy atom. The minimum atomic E-state index is -3.03. The molecule has 0 bridgehead atoms. The van der Waals surface area contributed by atoms with Gasteiger partial charge in [-0.1, -0.05) is 12.1 Å².